The summed E-state index contributed by atoms with van der Waals surface area (Å²) in [6, 6.07) is 22.6. The van der Waals surface area contributed by atoms with Crippen molar-refractivity contribution in [3.63, 3.8) is 0 Å². The van der Waals surface area contributed by atoms with E-state index in [-0.39, 0.29) is 30.3 Å². The SMILES string of the molecule is [2H]C(O)[C@H](CCCCNC(=O)[C@@H](NC(=O)OC)C(c1ccccc1)c1ccccc1)N(CC(C)C)S(=O)(=O)c1ccc(N)cc1. The predicted molar refractivity (Wildman–Crippen MR) is 171 cm³/mol. The molecule has 0 aliphatic rings. The highest BCUT2D eigenvalue weighted by Crippen LogP contribution is 2.29. The van der Waals surface area contributed by atoms with Crippen LogP contribution >= 0.6 is 0 Å². The van der Waals surface area contributed by atoms with Crippen molar-refractivity contribution in [1.29, 1.82) is 0 Å². The number of unbranched alkanes of at least 4 members (excludes halogenated alkanes) is 1. The van der Waals surface area contributed by atoms with Crippen LogP contribution in [0.15, 0.2) is 89.8 Å². The number of hydrogen-bond acceptors (Lipinski definition) is 7. The summed E-state index contributed by atoms with van der Waals surface area (Å²) >= 11 is 0. The van der Waals surface area contributed by atoms with Crippen molar-refractivity contribution in [3.8, 4) is 0 Å². The number of nitrogens with two attached hydrogens (primary N) is 1. The first-order valence-electron chi connectivity index (χ1n) is 15.2. The zero-order valence-electron chi connectivity index (χ0n) is 26.4. The lowest BCUT2D eigenvalue weighted by Crippen LogP contribution is -2.50. The van der Waals surface area contributed by atoms with Crippen molar-refractivity contribution in [1.82, 2.24) is 14.9 Å². The van der Waals surface area contributed by atoms with Crippen LogP contribution in [-0.2, 0) is 19.6 Å². The van der Waals surface area contributed by atoms with Gasteiger partial charge in [0.2, 0.25) is 15.9 Å². The summed E-state index contributed by atoms with van der Waals surface area (Å²) in [5.41, 5.74) is 7.83. The zero-order valence-corrected chi connectivity index (χ0v) is 26.2. The van der Waals surface area contributed by atoms with E-state index >= 15 is 0 Å². The normalized spacial score (nSPS) is 14.1. The van der Waals surface area contributed by atoms with Gasteiger partial charge in [0.15, 0.2) is 0 Å². The van der Waals surface area contributed by atoms with Crippen LogP contribution < -0.4 is 16.4 Å². The molecule has 0 saturated heterocycles. The fraction of sp³-hybridized carbons (Fsp3) is 0.394. The van der Waals surface area contributed by atoms with Gasteiger partial charge in [-0.05, 0) is 54.2 Å². The number of alkyl carbamates (subject to hydrolysis) is 1. The van der Waals surface area contributed by atoms with Crippen molar-refractivity contribution >= 4 is 27.7 Å². The van der Waals surface area contributed by atoms with Gasteiger partial charge in [-0.1, -0.05) is 80.9 Å². The summed E-state index contributed by atoms with van der Waals surface area (Å²) in [4.78, 5) is 25.9. The molecular weight excluding hydrogens is 580 g/mol. The van der Waals surface area contributed by atoms with E-state index in [1.165, 1.54) is 35.7 Å². The standard InChI is InChI=1S/C33H44N4O6S/c1-24(2)22-37(44(41,42)29-19-17-27(34)18-20-29)28(23-38)16-10-11-21-35-32(39)31(36-33(40)43-3)30(25-12-6-4-7-13-25)26-14-8-5-9-15-26/h4-9,12-15,17-20,24,28,30-31,38H,10-11,16,21-23,34H2,1-3H3,(H,35,39)(H,36,40)/t28-,31-/m0/s1/i23D/t23?,28-,31-. The largest absolute Gasteiger partial charge is 0.453 e. The zero-order chi connectivity index (χ0) is 33.0. The van der Waals surface area contributed by atoms with E-state index in [4.69, 9.17) is 11.8 Å². The maximum absolute atomic E-state index is 13.6. The minimum absolute atomic E-state index is 0.0331. The molecule has 5 N–H and O–H groups in total. The minimum Gasteiger partial charge on any atom is -0.453 e. The van der Waals surface area contributed by atoms with E-state index in [0.29, 0.717) is 18.5 Å². The summed E-state index contributed by atoms with van der Waals surface area (Å²) in [5.74, 6) is -0.976. The Hall–Kier alpha value is -3.93. The number of aliphatic hydroxyl groups excluding tert-OH is 1. The predicted octanol–water partition coefficient (Wildman–Crippen LogP) is 4.12. The molecule has 0 heterocycles. The molecule has 0 aromatic heterocycles. The second-order valence-electron chi connectivity index (χ2n) is 11.0. The van der Waals surface area contributed by atoms with Gasteiger partial charge < -0.3 is 26.2 Å². The highest BCUT2D eigenvalue weighted by molar-refractivity contribution is 7.89. The molecule has 238 valence electrons. The van der Waals surface area contributed by atoms with Crippen LogP contribution in [-0.4, -0.2) is 68.7 Å². The van der Waals surface area contributed by atoms with Gasteiger partial charge in [-0.25, -0.2) is 13.2 Å². The van der Waals surface area contributed by atoms with E-state index in [9.17, 15) is 23.1 Å². The van der Waals surface area contributed by atoms with E-state index < -0.39 is 46.6 Å². The first-order valence-corrected chi connectivity index (χ1v) is 16.1. The molecular formula is C33H44N4O6S. The number of hydrogen-bond donors (Lipinski definition) is 4. The quantitative estimate of drug-likeness (QED) is 0.138. The lowest BCUT2D eigenvalue weighted by atomic mass is 9.84. The molecule has 11 heteroatoms. The Balaban J connectivity index is 1.73. The molecule has 0 saturated carbocycles. The molecule has 2 amide bonds. The van der Waals surface area contributed by atoms with E-state index in [2.05, 4.69) is 10.6 Å². The van der Waals surface area contributed by atoms with Crippen molar-refractivity contribution < 1.29 is 29.2 Å². The lowest BCUT2D eigenvalue weighted by Gasteiger charge is -2.31. The summed E-state index contributed by atoms with van der Waals surface area (Å²) in [6.07, 6.45) is 0.315. The molecule has 10 nitrogen and oxygen atoms in total. The van der Waals surface area contributed by atoms with Crippen LogP contribution in [0.2, 0.25) is 0 Å². The van der Waals surface area contributed by atoms with Crippen molar-refractivity contribution in [3.05, 3.63) is 96.1 Å². The van der Waals surface area contributed by atoms with Gasteiger partial charge in [-0.15, -0.1) is 0 Å². The topological polar surface area (TPSA) is 151 Å². The molecule has 0 fully saturated rings. The molecule has 0 spiro atoms. The number of anilines is 1. The summed E-state index contributed by atoms with van der Waals surface area (Å²) < 4.78 is 41.3. The van der Waals surface area contributed by atoms with Crippen LogP contribution in [0.4, 0.5) is 10.5 Å². The second-order valence-corrected chi connectivity index (χ2v) is 12.8. The lowest BCUT2D eigenvalue weighted by molar-refractivity contribution is -0.123. The van der Waals surface area contributed by atoms with Gasteiger partial charge in [0.05, 0.1) is 20.0 Å². The molecule has 3 aromatic carbocycles. The summed E-state index contributed by atoms with van der Waals surface area (Å²) in [5, 5.41) is 16.0. The monoisotopic (exact) mass is 625 g/mol. The fourth-order valence-corrected chi connectivity index (χ4v) is 6.79. The molecule has 3 rings (SSSR count). The third kappa shape index (κ3) is 9.54. The maximum Gasteiger partial charge on any atom is 0.407 e. The molecule has 44 heavy (non-hydrogen) atoms. The van der Waals surface area contributed by atoms with Gasteiger partial charge in [0.1, 0.15) is 6.04 Å². The second kappa shape index (κ2) is 16.8. The molecule has 0 bridgehead atoms. The van der Waals surface area contributed by atoms with Gasteiger partial charge in [-0.3, -0.25) is 4.79 Å². The smallest absolute Gasteiger partial charge is 0.407 e. The van der Waals surface area contributed by atoms with E-state index in [1.54, 1.807) is 0 Å². The Labute approximate surface area is 262 Å². The molecule has 3 aromatic rings. The van der Waals surface area contributed by atoms with Gasteiger partial charge in [0, 0.05) is 30.7 Å². The molecule has 3 atom stereocenters. The highest BCUT2D eigenvalue weighted by atomic mass is 32.2. The van der Waals surface area contributed by atoms with Gasteiger partial charge in [-0.2, -0.15) is 4.31 Å². The number of sulfonamides is 1. The highest BCUT2D eigenvalue weighted by Gasteiger charge is 2.33. The number of aliphatic hydroxyl groups is 1. The number of nitrogen functional groups attached to an aromatic ring is 1. The Morgan fingerprint density at radius 2 is 1.52 bits per heavy atom. The average molecular weight is 626 g/mol. The van der Waals surface area contributed by atoms with Crippen LogP contribution in [0.1, 0.15) is 51.5 Å². The Morgan fingerprint density at radius 3 is 2.02 bits per heavy atom. The van der Waals surface area contributed by atoms with Crippen LogP contribution in [0, 0.1) is 5.92 Å². The first kappa shape index (κ1) is 33.0. The number of rotatable bonds is 16. The van der Waals surface area contributed by atoms with E-state index in [1.807, 2.05) is 74.5 Å². The number of nitrogens with zero attached hydrogens (tertiary/aromatic N) is 1. The fourth-order valence-electron chi connectivity index (χ4n) is 5.02. The first-order chi connectivity index (χ1) is 21.4. The number of benzene rings is 3. The minimum atomic E-state index is -4.02. The third-order valence-corrected chi connectivity index (χ3v) is 9.10. The van der Waals surface area contributed by atoms with Gasteiger partial charge >= 0.3 is 6.09 Å². The van der Waals surface area contributed by atoms with Crippen molar-refractivity contribution in [2.24, 2.45) is 5.92 Å². The average Bonchev–Trinajstić information content (AvgIpc) is 3.02. The Morgan fingerprint density at radius 1 is 0.955 bits per heavy atom. The molecule has 0 aliphatic carbocycles. The third-order valence-electron chi connectivity index (χ3n) is 7.19. The van der Waals surface area contributed by atoms with Gasteiger partial charge in [0.25, 0.3) is 0 Å². The number of methoxy groups -OCH3 is 1. The number of carbonyl (C=O) groups excluding carboxylic acids is 2. The number of carbonyl (C=O) groups is 2. The Kier molecular flexibility index (Phi) is 12.6. The summed E-state index contributed by atoms with van der Waals surface area (Å²) in [6.45, 7) is 2.40. The van der Waals surface area contributed by atoms with Crippen LogP contribution in [0.25, 0.3) is 0 Å². The number of amides is 2. The Bertz CT molecular complexity index is 1420. The van der Waals surface area contributed by atoms with Crippen LogP contribution in [0.5, 0.6) is 0 Å². The van der Waals surface area contributed by atoms with Crippen molar-refractivity contribution in [2.45, 2.75) is 56.0 Å². The molecule has 0 aliphatic heterocycles. The number of nitrogens with one attached hydrogen (secondary N) is 2. The van der Waals surface area contributed by atoms with Crippen molar-refractivity contribution in [2.75, 3.05) is 32.5 Å². The maximum atomic E-state index is 13.6. The number of ether oxygens (including phenoxy) is 1. The summed E-state index contributed by atoms with van der Waals surface area (Å²) in [7, 11) is -2.79. The van der Waals surface area contributed by atoms with Crippen LogP contribution in [0.3, 0.4) is 0 Å². The molecule has 0 radical (unpaired) electrons. The molecule has 1 unspecified atom stereocenters. The van der Waals surface area contributed by atoms with E-state index in [0.717, 1.165) is 11.1 Å².